The number of aromatic nitrogens is 4. The Morgan fingerprint density at radius 1 is 1.19 bits per heavy atom. The zero-order valence-electron chi connectivity index (χ0n) is 22.7. The number of aromatic amines is 1. The van der Waals surface area contributed by atoms with E-state index in [1.165, 1.54) is 30.1 Å². The second-order valence-corrected chi connectivity index (χ2v) is 9.91. The number of H-pyrrole nitrogens is 1. The van der Waals surface area contributed by atoms with Crippen LogP contribution in [0.2, 0.25) is 5.02 Å². The molecule has 2 bridgehead atoms. The average Bonchev–Trinajstić information content (AvgIpc) is 3.61. The van der Waals surface area contributed by atoms with E-state index in [1.54, 1.807) is 37.4 Å². The van der Waals surface area contributed by atoms with E-state index in [2.05, 4.69) is 35.8 Å². The Balaban J connectivity index is 1.45. The van der Waals surface area contributed by atoms with Gasteiger partial charge in [-0.05, 0) is 50.1 Å². The maximum absolute atomic E-state index is 14.6. The Morgan fingerprint density at radius 2 is 2.02 bits per heavy atom. The van der Waals surface area contributed by atoms with Crippen molar-refractivity contribution in [2.24, 2.45) is 0 Å². The Bertz CT molecular complexity index is 1700. The number of carbonyl (C=O) groups excluding carboxylic acids is 3. The van der Waals surface area contributed by atoms with Gasteiger partial charge in [-0.3, -0.25) is 14.9 Å². The highest BCUT2D eigenvalue weighted by molar-refractivity contribution is 6.30. The molecule has 0 fully saturated rings. The monoisotopic (exact) mass is 591 g/mol. The molecule has 4 N–H and O–H groups in total. The first-order valence-corrected chi connectivity index (χ1v) is 13.4. The molecule has 3 amide bonds. The minimum atomic E-state index is -0.642. The molecule has 13 heteroatoms. The lowest BCUT2D eigenvalue weighted by Gasteiger charge is -2.15. The lowest BCUT2D eigenvalue weighted by atomic mass is 10.1. The van der Waals surface area contributed by atoms with E-state index < -0.39 is 23.9 Å². The zero-order valence-corrected chi connectivity index (χ0v) is 23.5. The number of anilines is 2. The second-order valence-electron chi connectivity index (χ2n) is 9.51. The number of methoxy groups -OCH3 is 1. The smallest absolute Gasteiger partial charge is 0.411 e. The number of benzene rings is 2. The number of halogens is 2. The van der Waals surface area contributed by atoms with E-state index in [4.69, 9.17) is 11.6 Å². The fourth-order valence-electron chi connectivity index (χ4n) is 4.56. The van der Waals surface area contributed by atoms with Crippen LogP contribution >= 0.6 is 11.6 Å². The third-order valence-electron chi connectivity index (χ3n) is 6.74. The lowest BCUT2D eigenvalue weighted by Crippen LogP contribution is -2.29. The molecule has 5 rings (SSSR count). The fraction of sp³-hybridized carbons (Fsp3) is 0.207. The van der Waals surface area contributed by atoms with Gasteiger partial charge in [-0.25, -0.2) is 18.9 Å². The summed E-state index contributed by atoms with van der Waals surface area (Å²) in [5, 5.41) is 12.7. The van der Waals surface area contributed by atoms with E-state index in [-0.39, 0.29) is 28.6 Å². The first-order valence-electron chi connectivity index (χ1n) is 13.0. The first-order chi connectivity index (χ1) is 20.2. The lowest BCUT2D eigenvalue weighted by molar-refractivity contribution is -0.116. The summed E-state index contributed by atoms with van der Waals surface area (Å²) in [6, 6.07) is 9.05. The molecule has 4 aromatic rings. The van der Waals surface area contributed by atoms with Crippen LogP contribution in [-0.2, 0) is 9.53 Å². The normalized spacial score (nSPS) is 15.0. The Morgan fingerprint density at radius 3 is 2.83 bits per heavy atom. The molecule has 3 heterocycles. The van der Waals surface area contributed by atoms with Crippen molar-refractivity contribution in [2.45, 2.75) is 32.2 Å². The first kappa shape index (κ1) is 28.6. The van der Waals surface area contributed by atoms with Gasteiger partial charge in [0.25, 0.3) is 5.91 Å². The van der Waals surface area contributed by atoms with Crippen LogP contribution < -0.4 is 16.0 Å². The number of fused-ring (bicyclic) bond motifs is 4. The maximum Gasteiger partial charge on any atom is 0.411 e. The van der Waals surface area contributed by atoms with Crippen molar-refractivity contribution in [3.05, 3.63) is 88.9 Å². The van der Waals surface area contributed by atoms with Gasteiger partial charge < -0.3 is 20.4 Å². The molecular weight excluding hydrogens is 565 g/mol. The van der Waals surface area contributed by atoms with Gasteiger partial charge in [-0.15, -0.1) is 0 Å². The number of hydrogen-bond donors (Lipinski definition) is 4. The summed E-state index contributed by atoms with van der Waals surface area (Å²) in [6.45, 7) is 1.67. The van der Waals surface area contributed by atoms with E-state index in [1.807, 2.05) is 12.2 Å². The SMILES string of the molecule is COC(=O)Nc1ccc2c(c1)NC(=O)CCC=CC[C@H](NC(=O)c1cnn(-c3cccc(Cl)c3F)c1C)c1ncc-2[nH]1. The summed E-state index contributed by atoms with van der Waals surface area (Å²) in [5.74, 6) is -0.773. The standard InChI is InChI=1S/C29H27ClFN7O4/c1-16-19(14-33-38(16)24-9-6-7-20(30)26(24)31)28(40)37-21-8-4-3-5-10-25(39)35-22-13-17(34-29(41)42-2)11-12-18(22)23-15-32-27(21)36-23/h3-4,6-7,9,11-15,21H,5,8,10H2,1-2H3,(H,32,36)(H,34,41)(H,35,39)(H,37,40)/t21-/m0/s1. The van der Waals surface area contributed by atoms with Gasteiger partial charge >= 0.3 is 6.09 Å². The minimum Gasteiger partial charge on any atom is -0.453 e. The number of ether oxygens (including phenoxy) is 1. The molecule has 42 heavy (non-hydrogen) atoms. The van der Waals surface area contributed by atoms with Crippen LogP contribution in [0.4, 0.5) is 20.6 Å². The molecule has 11 nitrogen and oxygen atoms in total. The van der Waals surface area contributed by atoms with Crippen LogP contribution in [-0.4, -0.2) is 44.8 Å². The number of nitrogens with zero attached hydrogens (tertiary/aromatic N) is 3. The fourth-order valence-corrected chi connectivity index (χ4v) is 4.73. The number of hydrogen-bond acceptors (Lipinski definition) is 6. The number of carbonyl (C=O) groups is 3. The van der Waals surface area contributed by atoms with Gasteiger partial charge in [0, 0.05) is 17.7 Å². The quantitative estimate of drug-likeness (QED) is 0.224. The van der Waals surface area contributed by atoms with Crippen molar-refractivity contribution in [3.63, 3.8) is 0 Å². The highest BCUT2D eigenvalue weighted by Gasteiger charge is 2.23. The molecular formula is C29H27ClFN7O4. The molecule has 1 atom stereocenters. The summed E-state index contributed by atoms with van der Waals surface area (Å²) >= 11 is 5.94. The predicted octanol–water partition coefficient (Wildman–Crippen LogP) is 5.69. The maximum atomic E-state index is 14.6. The molecule has 216 valence electrons. The van der Waals surface area contributed by atoms with E-state index in [0.717, 1.165) is 0 Å². The number of nitrogens with one attached hydrogen (secondary N) is 4. The van der Waals surface area contributed by atoms with Gasteiger partial charge in [0.2, 0.25) is 5.91 Å². The van der Waals surface area contributed by atoms with E-state index >= 15 is 0 Å². The Labute approximate surface area is 245 Å². The summed E-state index contributed by atoms with van der Waals surface area (Å²) in [6.07, 6.45) is 7.18. The van der Waals surface area contributed by atoms with Gasteiger partial charge in [0.15, 0.2) is 5.82 Å². The Kier molecular flexibility index (Phi) is 8.34. The minimum absolute atomic E-state index is 0.0488. The summed E-state index contributed by atoms with van der Waals surface area (Å²) in [5.41, 5.74) is 2.95. The number of amides is 3. The van der Waals surface area contributed by atoms with Crippen LogP contribution in [0.15, 0.2) is 60.9 Å². The molecule has 0 saturated heterocycles. The van der Waals surface area contributed by atoms with Crippen molar-refractivity contribution in [2.75, 3.05) is 17.7 Å². The van der Waals surface area contributed by atoms with Crippen molar-refractivity contribution < 1.29 is 23.5 Å². The third kappa shape index (κ3) is 6.03. The Hall–Kier alpha value is -4.97. The molecule has 0 spiro atoms. The molecule has 0 unspecified atom stereocenters. The van der Waals surface area contributed by atoms with Crippen LogP contribution in [0, 0.1) is 12.7 Å². The molecule has 2 aromatic carbocycles. The van der Waals surface area contributed by atoms with Crippen LogP contribution in [0.3, 0.4) is 0 Å². The van der Waals surface area contributed by atoms with Crippen molar-refractivity contribution in [1.82, 2.24) is 25.1 Å². The van der Waals surface area contributed by atoms with Crippen molar-refractivity contribution in [3.8, 4) is 16.9 Å². The highest BCUT2D eigenvalue weighted by atomic mass is 35.5. The van der Waals surface area contributed by atoms with Crippen LogP contribution in [0.5, 0.6) is 0 Å². The molecule has 2 aromatic heterocycles. The molecule has 0 radical (unpaired) electrons. The number of rotatable bonds is 4. The average molecular weight is 592 g/mol. The van der Waals surface area contributed by atoms with E-state index in [0.29, 0.717) is 47.0 Å². The summed E-state index contributed by atoms with van der Waals surface area (Å²) in [4.78, 5) is 45.6. The summed E-state index contributed by atoms with van der Waals surface area (Å²) < 4.78 is 20.6. The zero-order chi connectivity index (χ0) is 29.8. The van der Waals surface area contributed by atoms with E-state index in [9.17, 15) is 18.8 Å². The molecule has 1 aliphatic heterocycles. The molecule has 1 aliphatic rings. The number of imidazole rings is 1. The summed E-state index contributed by atoms with van der Waals surface area (Å²) in [7, 11) is 1.26. The molecule has 0 saturated carbocycles. The predicted molar refractivity (Wildman–Crippen MR) is 155 cm³/mol. The topological polar surface area (TPSA) is 143 Å². The van der Waals surface area contributed by atoms with Crippen LogP contribution in [0.25, 0.3) is 16.9 Å². The van der Waals surface area contributed by atoms with Gasteiger partial charge in [0.1, 0.15) is 11.5 Å². The third-order valence-corrected chi connectivity index (χ3v) is 7.03. The van der Waals surface area contributed by atoms with Crippen molar-refractivity contribution in [1.29, 1.82) is 0 Å². The van der Waals surface area contributed by atoms with Crippen LogP contribution in [0.1, 0.15) is 47.2 Å². The molecule has 0 aliphatic carbocycles. The van der Waals surface area contributed by atoms with Crippen molar-refractivity contribution >= 4 is 40.9 Å². The highest BCUT2D eigenvalue weighted by Crippen LogP contribution is 2.32. The van der Waals surface area contributed by atoms with Gasteiger partial charge in [-0.2, -0.15) is 5.10 Å². The largest absolute Gasteiger partial charge is 0.453 e. The van der Waals surface area contributed by atoms with Gasteiger partial charge in [-0.1, -0.05) is 29.8 Å². The van der Waals surface area contributed by atoms with Gasteiger partial charge in [0.05, 0.1) is 53.2 Å². The second kappa shape index (κ2) is 12.3. The number of allylic oxidation sites excluding steroid dienone is 1.